The van der Waals surface area contributed by atoms with Crippen LogP contribution in [0.15, 0.2) is 47.6 Å². The first-order valence-corrected chi connectivity index (χ1v) is 9.36. The fourth-order valence-electron chi connectivity index (χ4n) is 2.44. The average molecular weight is 419 g/mol. The van der Waals surface area contributed by atoms with E-state index in [2.05, 4.69) is 15.5 Å². The molecule has 0 saturated heterocycles. The standard InChI is InChI=1S/C17H15ClN6O3S/c1-10-13(3-2-4-14(10)24(26)27)20-15(25)9-28-17-22-21-16(23(17)19)11-5-7-12(18)8-6-11/h2-8H,9,19H2,1H3,(H,20,25). The van der Waals surface area contributed by atoms with Crippen molar-refractivity contribution in [3.63, 3.8) is 0 Å². The summed E-state index contributed by atoms with van der Waals surface area (Å²) < 4.78 is 1.29. The van der Waals surface area contributed by atoms with Crippen molar-refractivity contribution < 1.29 is 9.72 Å². The van der Waals surface area contributed by atoms with E-state index >= 15 is 0 Å². The van der Waals surface area contributed by atoms with Crippen molar-refractivity contribution in [1.82, 2.24) is 14.9 Å². The third kappa shape index (κ3) is 4.24. The number of hydrogen-bond acceptors (Lipinski definition) is 7. The molecule has 0 saturated carbocycles. The van der Waals surface area contributed by atoms with Gasteiger partial charge in [-0.25, -0.2) is 4.68 Å². The van der Waals surface area contributed by atoms with Gasteiger partial charge < -0.3 is 11.2 Å². The lowest BCUT2D eigenvalue weighted by molar-refractivity contribution is -0.385. The minimum atomic E-state index is -0.491. The number of nitro benzene ring substituents is 1. The van der Waals surface area contributed by atoms with Crippen molar-refractivity contribution in [3.8, 4) is 11.4 Å². The van der Waals surface area contributed by atoms with Gasteiger partial charge in [0, 0.05) is 16.7 Å². The monoisotopic (exact) mass is 418 g/mol. The van der Waals surface area contributed by atoms with Gasteiger partial charge in [-0.05, 0) is 37.3 Å². The van der Waals surface area contributed by atoms with Crippen LogP contribution < -0.4 is 11.2 Å². The Labute approximate surface area is 169 Å². The highest BCUT2D eigenvalue weighted by Crippen LogP contribution is 2.26. The van der Waals surface area contributed by atoms with Crippen LogP contribution in [0, 0.1) is 17.0 Å². The smallest absolute Gasteiger partial charge is 0.274 e. The molecule has 3 N–H and O–H groups in total. The highest BCUT2D eigenvalue weighted by atomic mass is 35.5. The van der Waals surface area contributed by atoms with Gasteiger partial charge in [0.15, 0.2) is 5.82 Å². The molecule has 0 aliphatic carbocycles. The number of halogens is 1. The molecule has 3 rings (SSSR count). The van der Waals surface area contributed by atoms with Gasteiger partial charge in [0.05, 0.1) is 21.9 Å². The number of anilines is 1. The summed E-state index contributed by atoms with van der Waals surface area (Å²) in [7, 11) is 0. The summed E-state index contributed by atoms with van der Waals surface area (Å²) in [4.78, 5) is 22.7. The Morgan fingerprint density at radius 1 is 1.29 bits per heavy atom. The van der Waals surface area contributed by atoms with Crippen molar-refractivity contribution in [3.05, 3.63) is 63.2 Å². The predicted octanol–water partition coefficient (Wildman–Crippen LogP) is 3.26. The normalized spacial score (nSPS) is 10.6. The summed E-state index contributed by atoms with van der Waals surface area (Å²) in [6.45, 7) is 1.58. The van der Waals surface area contributed by atoms with Crippen LogP contribution in [0.3, 0.4) is 0 Å². The highest BCUT2D eigenvalue weighted by molar-refractivity contribution is 7.99. The van der Waals surface area contributed by atoms with Gasteiger partial charge in [-0.3, -0.25) is 14.9 Å². The van der Waals surface area contributed by atoms with Crippen LogP contribution in [0.4, 0.5) is 11.4 Å². The molecule has 28 heavy (non-hydrogen) atoms. The van der Waals surface area contributed by atoms with Crippen molar-refractivity contribution in [2.45, 2.75) is 12.1 Å². The molecular formula is C17H15ClN6O3S. The fraction of sp³-hybridized carbons (Fsp3) is 0.118. The predicted molar refractivity (Wildman–Crippen MR) is 108 cm³/mol. The van der Waals surface area contributed by atoms with Crippen molar-refractivity contribution in [2.75, 3.05) is 16.9 Å². The number of nitro groups is 1. The van der Waals surface area contributed by atoms with E-state index in [0.717, 1.165) is 17.3 Å². The van der Waals surface area contributed by atoms with E-state index in [-0.39, 0.29) is 17.3 Å². The van der Waals surface area contributed by atoms with E-state index in [1.54, 1.807) is 37.3 Å². The fourth-order valence-corrected chi connectivity index (χ4v) is 3.23. The Morgan fingerprint density at radius 3 is 2.68 bits per heavy atom. The van der Waals surface area contributed by atoms with Crippen LogP contribution in [-0.4, -0.2) is 31.5 Å². The number of thioether (sulfide) groups is 1. The lowest BCUT2D eigenvalue weighted by Gasteiger charge is -2.08. The molecule has 1 aromatic heterocycles. The maximum atomic E-state index is 12.2. The topological polar surface area (TPSA) is 129 Å². The van der Waals surface area contributed by atoms with E-state index in [4.69, 9.17) is 17.4 Å². The summed E-state index contributed by atoms with van der Waals surface area (Å²) in [6.07, 6.45) is 0. The van der Waals surface area contributed by atoms with Crippen molar-refractivity contribution >= 4 is 40.6 Å². The third-order valence-electron chi connectivity index (χ3n) is 3.88. The number of nitrogens with two attached hydrogens (primary N) is 1. The first-order chi connectivity index (χ1) is 13.4. The van der Waals surface area contributed by atoms with Crippen LogP contribution in [0.2, 0.25) is 5.02 Å². The van der Waals surface area contributed by atoms with Crippen LogP contribution in [0.5, 0.6) is 0 Å². The SMILES string of the molecule is Cc1c(NC(=O)CSc2nnc(-c3ccc(Cl)cc3)n2N)cccc1[N+](=O)[O-]. The largest absolute Gasteiger partial charge is 0.335 e. The number of nitrogen functional groups attached to an aromatic ring is 1. The molecule has 0 fully saturated rings. The number of amides is 1. The zero-order valence-electron chi connectivity index (χ0n) is 14.6. The van der Waals surface area contributed by atoms with Gasteiger partial charge in [0.25, 0.3) is 5.69 Å². The van der Waals surface area contributed by atoms with Gasteiger partial charge in [-0.15, -0.1) is 10.2 Å². The minimum Gasteiger partial charge on any atom is -0.335 e. The number of aromatic nitrogens is 3. The highest BCUT2D eigenvalue weighted by Gasteiger charge is 2.17. The number of rotatable bonds is 6. The molecule has 11 heteroatoms. The number of carbonyl (C=O) groups is 1. The van der Waals surface area contributed by atoms with Crippen LogP contribution in [-0.2, 0) is 4.79 Å². The van der Waals surface area contributed by atoms with Crippen LogP contribution in [0.25, 0.3) is 11.4 Å². The van der Waals surface area contributed by atoms with Gasteiger partial charge >= 0.3 is 0 Å². The van der Waals surface area contributed by atoms with Gasteiger partial charge in [-0.2, -0.15) is 0 Å². The number of benzene rings is 2. The molecule has 0 spiro atoms. The van der Waals surface area contributed by atoms with E-state index in [9.17, 15) is 14.9 Å². The second kappa shape index (κ2) is 8.28. The molecule has 1 amide bonds. The first-order valence-electron chi connectivity index (χ1n) is 8.00. The molecular weight excluding hydrogens is 404 g/mol. The lowest BCUT2D eigenvalue weighted by Crippen LogP contribution is -2.17. The molecule has 0 bridgehead atoms. The van der Waals surface area contributed by atoms with Gasteiger partial charge in [0.1, 0.15) is 0 Å². The van der Waals surface area contributed by atoms with Crippen molar-refractivity contribution in [2.24, 2.45) is 0 Å². The number of carbonyl (C=O) groups excluding carboxylic acids is 1. The Balaban J connectivity index is 1.67. The molecule has 0 radical (unpaired) electrons. The van der Waals surface area contributed by atoms with Crippen LogP contribution >= 0.6 is 23.4 Å². The summed E-state index contributed by atoms with van der Waals surface area (Å²) in [6, 6.07) is 11.5. The number of nitrogens with zero attached hydrogens (tertiary/aromatic N) is 4. The Bertz CT molecular complexity index is 1040. The second-order valence-electron chi connectivity index (χ2n) is 5.73. The Hall–Kier alpha value is -3.11. The summed E-state index contributed by atoms with van der Waals surface area (Å²) in [5, 5.41) is 22.6. The molecule has 1 heterocycles. The zero-order valence-corrected chi connectivity index (χ0v) is 16.2. The third-order valence-corrected chi connectivity index (χ3v) is 5.07. The molecule has 0 unspecified atom stereocenters. The summed E-state index contributed by atoms with van der Waals surface area (Å²) in [5.74, 6) is 6.13. The van der Waals surface area contributed by atoms with Crippen LogP contribution in [0.1, 0.15) is 5.56 Å². The zero-order chi connectivity index (χ0) is 20.3. The summed E-state index contributed by atoms with van der Waals surface area (Å²) >= 11 is 6.98. The average Bonchev–Trinajstić information content (AvgIpc) is 3.03. The number of hydrogen-bond donors (Lipinski definition) is 2. The van der Waals surface area contributed by atoms with Gasteiger partial charge in [0.2, 0.25) is 11.1 Å². The molecule has 0 aliphatic rings. The summed E-state index contributed by atoms with van der Waals surface area (Å²) in [5.41, 5.74) is 1.46. The Kier molecular flexibility index (Phi) is 5.81. The molecule has 2 aromatic carbocycles. The lowest BCUT2D eigenvalue weighted by atomic mass is 10.1. The first kappa shape index (κ1) is 19.6. The number of nitrogens with one attached hydrogen (secondary N) is 1. The molecule has 9 nitrogen and oxygen atoms in total. The molecule has 0 atom stereocenters. The molecule has 144 valence electrons. The molecule has 3 aromatic rings. The minimum absolute atomic E-state index is 0.0120. The van der Waals surface area contributed by atoms with Crippen molar-refractivity contribution in [1.29, 1.82) is 0 Å². The van der Waals surface area contributed by atoms with E-state index in [0.29, 0.717) is 27.3 Å². The van der Waals surface area contributed by atoms with Gasteiger partial charge in [-0.1, -0.05) is 29.4 Å². The second-order valence-corrected chi connectivity index (χ2v) is 7.11. The van der Waals surface area contributed by atoms with E-state index in [1.807, 2.05) is 0 Å². The Morgan fingerprint density at radius 2 is 2.00 bits per heavy atom. The van der Waals surface area contributed by atoms with E-state index in [1.165, 1.54) is 16.8 Å². The van der Waals surface area contributed by atoms with E-state index < -0.39 is 4.92 Å². The quantitative estimate of drug-likeness (QED) is 0.272. The maximum Gasteiger partial charge on any atom is 0.274 e. The maximum absolute atomic E-state index is 12.2. The molecule has 0 aliphatic heterocycles.